The molecule has 0 spiro atoms. The quantitative estimate of drug-likeness (QED) is 0.895. The van der Waals surface area contributed by atoms with Crippen molar-refractivity contribution >= 4 is 17.5 Å². The van der Waals surface area contributed by atoms with Crippen LogP contribution < -0.4 is 0 Å². The Labute approximate surface area is 105 Å². The highest BCUT2D eigenvalue weighted by atomic mass is 35.5. The lowest BCUT2D eigenvalue weighted by molar-refractivity contribution is 0.0768. The van der Waals surface area contributed by atoms with Gasteiger partial charge in [0.15, 0.2) is 0 Å². The van der Waals surface area contributed by atoms with Crippen LogP contribution in [0.5, 0.6) is 5.75 Å². The van der Waals surface area contributed by atoms with Gasteiger partial charge in [-0.05, 0) is 25.1 Å². The summed E-state index contributed by atoms with van der Waals surface area (Å²) in [4.78, 5) is 13.6. The Kier molecular flexibility index (Phi) is 4.80. The van der Waals surface area contributed by atoms with Crippen molar-refractivity contribution in [1.82, 2.24) is 4.90 Å². The molecule has 1 N–H and O–H groups in total. The van der Waals surface area contributed by atoms with Gasteiger partial charge in [-0.1, -0.05) is 11.6 Å². The molecule has 0 aliphatic heterocycles. The average Bonchev–Trinajstić information content (AvgIpc) is 2.33. The lowest BCUT2D eigenvalue weighted by Crippen LogP contribution is -2.31. The summed E-state index contributed by atoms with van der Waals surface area (Å²) in [5, 5.41) is 17.9. The summed E-state index contributed by atoms with van der Waals surface area (Å²) >= 11 is 5.74. The average molecular weight is 253 g/mol. The number of nitriles is 1. The third kappa shape index (κ3) is 3.36. The molecule has 0 saturated carbocycles. The van der Waals surface area contributed by atoms with Gasteiger partial charge >= 0.3 is 0 Å². The Morgan fingerprint density at radius 2 is 2.29 bits per heavy atom. The molecule has 0 radical (unpaired) electrons. The SMILES string of the molecule is CCN(CCC#N)C(=O)c1ccc(O)c(Cl)c1. The van der Waals surface area contributed by atoms with E-state index in [9.17, 15) is 9.90 Å². The van der Waals surface area contributed by atoms with E-state index >= 15 is 0 Å². The molecule has 0 bridgehead atoms. The Morgan fingerprint density at radius 3 is 2.82 bits per heavy atom. The lowest BCUT2D eigenvalue weighted by Gasteiger charge is -2.19. The number of aromatic hydroxyl groups is 1. The zero-order valence-corrected chi connectivity index (χ0v) is 10.2. The van der Waals surface area contributed by atoms with Gasteiger partial charge < -0.3 is 10.0 Å². The highest BCUT2D eigenvalue weighted by Crippen LogP contribution is 2.24. The number of hydrogen-bond donors (Lipinski definition) is 1. The maximum Gasteiger partial charge on any atom is 0.253 e. The van der Waals surface area contributed by atoms with Gasteiger partial charge in [0.05, 0.1) is 17.5 Å². The molecule has 0 aliphatic carbocycles. The maximum absolute atomic E-state index is 12.0. The molecule has 0 saturated heterocycles. The molecule has 0 heterocycles. The third-order valence-corrected chi connectivity index (χ3v) is 2.66. The number of nitrogens with zero attached hydrogens (tertiary/aromatic N) is 2. The van der Waals surface area contributed by atoms with Crippen LogP contribution in [-0.2, 0) is 0 Å². The van der Waals surface area contributed by atoms with E-state index < -0.39 is 0 Å². The molecule has 1 amide bonds. The molecule has 1 rings (SSSR count). The predicted octanol–water partition coefficient (Wildman–Crippen LogP) is 2.42. The van der Waals surface area contributed by atoms with E-state index in [1.165, 1.54) is 18.2 Å². The number of benzene rings is 1. The van der Waals surface area contributed by atoms with Crippen LogP contribution in [0.25, 0.3) is 0 Å². The second-order valence-electron chi connectivity index (χ2n) is 3.46. The normalized spacial score (nSPS) is 9.71. The standard InChI is InChI=1S/C12H13ClN2O2/c1-2-15(7-3-6-14)12(17)9-4-5-11(16)10(13)8-9/h4-5,8,16H,2-3,7H2,1H3. The summed E-state index contributed by atoms with van der Waals surface area (Å²) < 4.78 is 0. The van der Waals surface area contributed by atoms with Crippen LogP contribution in [-0.4, -0.2) is 29.0 Å². The van der Waals surface area contributed by atoms with E-state index in [0.29, 0.717) is 25.1 Å². The van der Waals surface area contributed by atoms with Crippen molar-refractivity contribution in [2.24, 2.45) is 0 Å². The number of carbonyl (C=O) groups excluding carboxylic acids is 1. The molecule has 0 fully saturated rings. The Bertz CT molecular complexity index is 454. The molecule has 5 heteroatoms. The smallest absolute Gasteiger partial charge is 0.253 e. The fourth-order valence-electron chi connectivity index (χ4n) is 1.41. The van der Waals surface area contributed by atoms with E-state index in [0.717, 1.165) is 0 Å². The first-order valence-electron chi connectivity index (χ1n) is 5.25. The van der Waals surface area contributed by atoms with Crippen molar-refractivity contribution in [3.8, 4) is 11.8 Å². The van der Waals surface area contributed by atoms with Crippen molar-refractivity contribution in [2.45, 2.75) is 13.3 Å². The number of hydrogen-bond acceptors (Lipinski definition) is 3. The first kappa shape index (κ1) is 13.3. The van der Waals surface area contributed by atoms with Crippen molar-refractivity contribution in [3.05, 3.63) is 28.8 Å². The lowest BCUT2D eigenvalue weighted by atomic mass is 10.2. The van der Waals surface area contributed by atoms with Crippen molar-refractivity contribution in [1.29, 1.82) is 5.26 Å². The largest absolute Gasteiger partial charge is 0.506 e. The molecule has 0 aromatic heterocycles. The van der Waals surface area contributed by atoms with E-state index in [4.69, 9.17) is 16.9 Å². The number of amides is 1. The van der Waals surface area contributed by atoms with Crippen molar-refractivity contribution in [2.75, 3.05) is 13.1 Å². The van der Waals surface area contributed by atoms with E-state index in [1.54, 1.807) is 4.90 Å². The van der Waals surface area contributed by atoms with Gasteiger partial charge in [0.2, 0.25) is 0 Å². The molecule has 0 aliphatic rings. The summed E-state index contributed by atoms with van der Waals surface area (Å²) in [6.07, 6.45) is 0.297. The van der Waals surface area contributed by atoms with Gasteiger partial charge in [0.1, 0.15) is 5.75 Å². The molecule has 1 aromatic carbocycles. The molecule has 1 aromatic rings. The minimum absolute atomic E-state index is 0.0525. The van der Waals surface area contributed by atoms with Crippen molar-refractivity contribution in [3.63, 3.8) is 0 Å². The molecule has 90 valence electrons. The second-order valence-corrected chi connectivity index (χ2v) is 3.87. The van der Waals surface area contributed by atoms with Gasteiger partial charge in [-0.2, -0.15) is 5.26 Å². The van der Waals surface area contributed by atoms with Gasteiger partial charge in [-0.15, -0.1) is 0 Å². The number of phenols is 1. The second kappa shape index (κ2) is 6.12. The van der Waals surface area contributed by atoms with Gasteiger partial charge in [0, 0.05) is 18.7 Å². The zero-order valence-electron chi connectivity index (χ0n) is 9.48. The number of rotatable bonds is 4. The van der Waals surface area contributed by atoms with Crippen LogP contribution in [0.1, 0.15) is 23.7 Å². The fourth-order valence-corrected chi connectivity index (χ4v) is 1.59. The van der Waals surface area contributed by atoms with E-state index in [1.807, 2.05) is 13.0 Å². The highest BCUT2D eigenvalue weighted by molar-refractivity contribution is 6.32. The molecular weight excluding hydrogens is 240 g/mol. The molecular formula is C12H13ClN2O2. The number of phenolic OH excluding ortho intramolecular Hbond substituents is 1. The van der Waals surface area contributed by atoms with Crippen LogP contribution in [0, 0.1) is 11.3 Å². The van der Waals surface area contributed by atoms with E-state index in [-0.39, 0.29) is 16.7 Å². The summed E-state index contributed by atoms with van der Waals surface area (Å²) in [6.45, 7) is 2.76. The topological polar surface area (TPSA) is 64.3 Å². The van der Waals surface area contributed by atoms with Gasteiger partial charge in [-0.3, -0.25) is 4.79 Å². The molecule has 0 atom stereocenters. The molecule has 0 unspecified atom stereocenters. The third-order valence-electron chi connectivity index (χ3n) is 2.36. The van der Waals surface area contributed by atoms with Crippen LogP contribution >= 0.6 is 11.6 Å². The van der Waals surface area contributed by atoms with Gasteiger partial charge in [-0.25, -0.2) is 0 Å². The van der Waals surface area contributed by atoms with Crippen molar-refractivity contribution < 1.29 is 9.90 Å². The van der Waals surface area contributed by atoms with Crippen LogP contribution in [0.4, 0.5) is 0 Å². The fraction of sp³-hybridized carbons (Fsp3) is 0.333. The summed E-state index contributed by atoms with van der Waals surface area (Å²) in [5.74, 6) is -0.243. The monoisotopic (exact) mass is 252 g/mol. The first-order chi connectivity index (χ1) is 8.10. The molecule has 17 heavy (non-hydrogen) atoms. The Balaban J connectivity index is 2.86. The predicted molar refractivity (Wildman–Crippen MR) is 64.9 cm³/mol. The summed E-state index contributed by atoms with van der Waals surface area (Å²) in [6, 6.07) is 6.32. The zero-order chi connectivity index (χ0) is 12.8. The number of halogens is 1. The minimum atomic E-state index is -0.190. The van der Waals surface area contributed by atoms with Crippen LogP contribution in [0.2, 0.25) is 5.02 Å². The minimum Gasteiger partial charge on any atom is -0.506 e. The maximum atomic E-state index is 12.0. The Morgan fingerprint density at radius 1 is 1.59 bits per heavy atom. The Hall–Kier alpha value is -1.73. The van der Waals surface area contributed by atoms with Gasteiger partial charge in [0.25, 0.3) is 5.91 Å². The summed E-state index contributed by atoms with van der Waals surface area (Å²) in [5.41, 5.74) is 0.410. The first-order valence-corrected chi connectivity index (χ1v) is 5.62. The van der Waals surface area contributed by atoms with E-state index in [2.05, 4.69) is 0 Å². The summed E-state index contributed by atoms with van der Waals surface area (Å²) in [7, 11) is 0. The van der Waals surface area contributed by atoms with Crippen LogP contribution in [0.15, 0.2) is 18.2 Å². The molecule has 4 nitrogen and oxygen atoms in total. The number of carbonyl (C=O) groups is 1. The highest BCUT2D eigenvalue weighted by Gasteiger charge is 2.14. The van der Waals surface area contributed by atoms with Crippen LogP contribution in [0.3, 0.4) is 0 Å².